The predicted molar refractivity (Wildman–Crippen MR) is 168 cm³/mol. The molecule has 1 fully saturated rings. The van der Waals surface area contributed by atoms with Crippen molar-refractivity contribution in [3.05, 3.63) is 69.8 Å². The van der Waals surface area contributed by atoms with Crippen LogP contribution in [0, 0.1) is 0 Å². The fraction of sp³-hybridized carbons (Fsp3) is 0.419. The highest BCUT2D eigenvalue weighted by Crippen LogP contribution is 2.35. The minimum absolute atomic E-state index is 0.00635. The zero-order chi connectivity index (χ0) is 31.5. The van der Waals surface area contributed by atoms with Gasteiger partial charge in [0.25, 0.3) is 5.91 Å². The van der Waals surface area contributed by atoms with Gasteiger partial charge in [0.1, 0.15) is 6.54 Å². The summed E-state index contributed by atoms with van der Waals surface area (Å²) in [6.07, 6.45) is 1.97. The Bertz CT molecular complexity index is 1480. The van der Waals surface area contributed by atoms with E-state index in [0.717, 1.165) is 17.7 Å². The fourth-order valence-corrected chi connectivity index (χ4v) is 6.36. The van der Waals surface area contributed by atoms with Crippen LogP contribution in [0.1, 0.15) is 37.8 Å². The van der Waals surface area contributed by atoms with E-state index in [4.69, 9.17) is 23.2 Å². The Kier molecular flexibility index (Phi) is 9.67. The number of anilines is 1. The number of halogens is 2. The lowest BCUT2D eigenvalue weighted by molar-refractivity contribution is -0.161. The lowest BCUT2D eigenvalue weighted by Gasteiger charge is -2.44. The number of hydrogen-bond acceptors (Lipinski definition) is 6. The molecule has 0 aliphatic carbocycles. The minimum Gasteiger partial charge on any atom is -0.356 e. The quantitative estimate of drug-likeness (QED) is 0.425. The molecule has 13 heteroatoms. The third-order valence-corrected chi connectivity index (χ3v) is 9.20. The predicted octanol–water partition coefficient (Wildman–Crippen LogP) is 3.36. The summed E-state index contributed by atoms with van der Waals surface area (Å²) < 4.78 is 0. The average Bonchev–Trinajstić information content (AvgIpc) is 3.17. The maximum atomic E-state index is 13.7. The second kappa shape index (κ2) is 13.5. The molecule has 0 saturated carbocycles. The van der Waals surface area contributed by atoms with Crippen LogP contribution >= 0.6 is 23.2 Å². The van der Waals surface area contributed by atoms with Gasteiger partial charge in [0, 0.05) is 56.6 Å². The second-order valence-corrected chi connectivity index (χ2v) is 12.1. The van der Waals surface area contributed by atoms with Crippen LogP contribution in [0.2, 0.25) is 10.0 Å². The summed E-state index contributed by atoms with van der Waals surface area (Å²) in [5, 5.41) is 17.4. The van der Waals surface area contributed by atoms with Gasteiger partial charge in [-0.25, -0.2) is 4.79 Å². The van der Waals surface area contributed by atoms with Gasteiger partial charge < -0.3 is 30.4 Å². The number of likely N-dealkylation sites (tertiary alicyclic amines) is 1. The number of carbonyl (C=O) groups is 4. The van der Waals surface area contributed by atoms with Gasteiger partial charge in [-0.2, -0.15) is 0 Å². The van der Waals surface area contributed by atoms with Crippen LogP contribution in [0.5, 0.6) is 0 Å². The van der Waals surface area contributed by atoms with Gasteiger partial charge in [0.2, 0.25) is 18.2 Å². The first-order valence-corrected chi connectivity index (χ1v) is 15.4. The number of piperidine rings is 1. The molecular weight excluding hydrogens is 607 g/mol. The van der Waals surface area contributed by atoms with Crippen molar-refractivity contribution in [2.75, 3.05) is 38.0 Å². The van der Waals surface area contributed by atoms with E-state index in [1.54, 1.807) is 30.0 Å². The topological polar surface area (TPSA) is 126 Å². The number of aliphatic hydroxyl groups excluding tert-OH is 1. The van der Waals surface area contributed by atoms with Crippen LogP contribution in [0.4, 0.5) is 10.5 Å². The number of carbonyl (C=O) groups excluding carboxylic acids is 4. The second-order valence-electron chi connectivity index (χ2n) is 11.3. The smallest absolute Gasteiger partial charge is 0.322 e. The van der Waals surface area contributed by atoms with Gasteiger partial charge in [-0.1, -0.05) is 53.5 Å². The highest BCUT2D eigenvalue weighted by Gasteiger charge is 2.39. The van der Waals surface area contributed by atoms with Crippen molar-refractivity contribution in [2.45, 2.75) is 51.5 Å². The van der Waals surface area contributed by atoms with E-state index in [-0.39, 0.29) is 52.6 Å². The SMILES string of the molecule is CC(=O)NC[C@H](C)N1C(=O)C(c2cccc(Cl)c2Cl)=CN(CC(=O)N2CCC(N3CCc4ccccc4NC3=O)CC2)C1O. The molecule has 234 valence electrons. The van der Waals surface area contributed by atoms with E-state index in [1.165, 1.54) is 22.9 Å². The van der Waals surface area contributed by atoms with Gasteiger partial charge in [0.15, 0.2) is 0 Å². The summed E-state index contributed by atoms with van der Waals surface area (Å²) in [5.74, 6) is -1.02. The van der Waals surface area contributed by atoms with Crippen molar-refractivity contribution in [2.24, 2.45) is 0 Å². The first kappa shape index (κ1) is 31.6. The number of benzene rings is 2. The van der Waals surface area contributed by atoms with E-state index in [2.05, 4.69) is 10.6 Å². The van der Waals surface area contributed by atoms with E-state index in [9.17, 15) is 24.3 Å². The Labute approximate surface area is 266 Å². The lowest BCUT2D eigenvalue weighted by Crippen LogP contribution is -2.60. The van der Waals surface area contributed by atoms with Crippen LogP contribution in [-0.2, 0) is 20.8 Å². The van der Waals surface area contributed by atoms with E-state index in [0.29, 0.717) is 38.0 Å². The molecule has 5 amide bonds. The summed E-state index contributed by atoms with van der Waals surface area (Å²) in [5.41, 5.74) is 2.46. The van der Waals surface area contributed by atoms with Gasteiger partial charge in [-0.15, -0.1) is 0 Å². The Morgan fingerprint density at radius 3 is 2.52 bits per heavy atom. The molecule has 0 radical (unpaired) electrons. The molecule has 1 saturated heterocycles. The van der Waals surface area contributed by atoms with Crippen LogP contribution in [0.3, 0.4) is 0 Å². The van der Waals surface area contributed by atoms with E-state index >= 15 is 0 Å². The average molecular weight is 644 g/mol. The lowest BCUT2D eigenvalue weighted by atomic mass is 10.0. The zero-order valence-electron chi connectivity index (χ0n) is 24.6. The summed E-state index contributed by atoms with van der Waals surface area (Å²) in [6, 6.07) is 12.0. The van der Waals surface area contributed by atoms with E-state index < -0.39 is 18.3 Å². The Morgan fingerprint density at radius 1 is 1.07 bits per heavy atom. The Balaban J connectivity index is 1.29. The number of rotatable bonds is 7. The van der Waals surface area contributed by atoms with Gasteiger partial charge >= 0.3 is 6.03 Å². The Morgan fingerprint density at radius 2 is 1.80 bits per heavy atom. The maximum absolute atomic E-state index is 13.7. The van der Waals surface area contributed by atoms with Crippen molar-refractivity contribution in [3.8, 4) is 0 Å². The van der Waals surface area contributed by atoms with Crippen LogP contribution in [-0.4, -0.2) is 99.6 Å². The van der Waals surface area contributed by atoms with Crippen LogP contribution in [0.15, 0.2) is 48.7 Å². The molecule has 0 spiro atoms. The van der Waals surface area contributed by atoms with Crippen LogP contribution < -0.4 is 10.6 Å². The minimum atomic E-state index is -1.46. The monoisotopic (exact) mass is 642 g/mol. The highest BCUT2D eigenvalue weighted by molar-refractivity contribution is 6.44. The number of hydrogen-bond donors (Lipinski definition) is 3. The fourth-order valence-electron chi connectivity index (χ4n) is 5.95. The largest absolute Gasteiger partial charge is 0.356 e. The number of aliphatic hydroxyl groups is 1. The van der Waals surface area contributed by atoms with Crippen molar-refractivity contribution in [1.29, 1.82) is 0 Å². The third kappa shape index (κ3) is 6.64. The van der Waals surface area contributed by atoms with Crippen molar-refractivity contribution < 1.29 is 24.3 Å². The number of nitrogens with one attached hydrogen (secondary N) is 2. The van der Waals surface area contributed by atoms with Gasteiger partial charge in [0.05, 0.1) is 21.7 Å². The molecule has 1 unspecified atom stereocenters. The molecule has 5 rings (SSSR count). The molecule has 0 bridgehead atoms. The molecule has 2 aromatic carbocycles. The molecule has 3 aliphatic heterocycles. The Hall–Kier alpha value is -3.80. The summed E-state index contributed by atoms with van der Waals surface area (Å²) in [7, 11) is 0. The van der Waals surface area contributed by atoms with Gasteiger partial charge in [-0.05, 0) is 43.9 Å². The molecule has 3 N–H and O–H groups in total. The first-order valence-electron chi connectivity index (χ1n) is 14.7. The van der Waals surface area contributed by atoms with Crippen molar-refractivity contribution >= 4 is 58.2 Å². The summed E-state index contributed by atoms with van der Waals surface area (Å²) >= 11 is 12.7. The van der Waals surface area contributed by atoms with Crippen molar-refractivity contribution in [1.82, 2.24) is 24.9 Å². The zero-order valence-corrected chi connectivity index (χ0v) is 26.1. The first-order chi connectivity index (χ1) is 21.0. The van der Waals surface area contributed by atoms with E-state index in [1.807, 2.05) is 29.2 Å². The van der Waals surface area contributed by atoms with Gasteiger partial charge in [-0.3, -0.25) is 19.3 Å². The molecule has 3 heterocycles. The molecule has 44 heavy (non-hydrogen) atoms. The van der Waals surface area contributed by atoms with Crippen LogP contribution in [0.25, 0.3) is 5.57 Å². The number of urea groups is 1. The summed E-state index contributed by atoms with van der Waals surface area (Å²) in [6.45, 7) is 4.45. The molecule has 0 aromatic heterocycles. The number of amides is 5. The molecule has 11 nitrogen and oxygen atoms in total. The van der Waals surface area contributed by atoms with Crippen molar-refractivity contribution in [3.63, 3.8) is 0 Å². The normalized spacial score (nSPS) is 20.0. The highest BCUT2D eigenvalue weighted by atomic mass is 35.5. The molecule has 2 aromatic rings. The number of para-hydroxylation sites is 1. The number of fused-ring (bicyclic) bond motifs is 1. The molecular formula is C31H36Cl2N6O5. The standard InChI is InChI=1S/C31H36Cl2N6O5/c1-19(16-34-20(2)40)39-29(42)24(23-7-5-8-25(32)28(23)33)17-37(31(39)44)18-27(41)36-13-11-22(12-14-36)38-15-10-21-6-3-4-9-26(21)35-30(38)43/h3-9,17,19,22,31,44H,10-16,18H2,1-2H3,(H,34,40)(H,35,43)/t19-,31?/m0/s1. The molecule has 3 aliphatic rings. The molecule has 2 atom stereocenters. The number of nitrogens with zero attached hydrogens (tertiary/aromatic N) is 4. The third-order valence-electron chi connectivity index (χ3n) is 8.39. The maximum Gasteiger partial charge on any atom is 0.322 e. The summed E-state index contributed by atoms with van der Waals surface area (Å²) in [4.78, 5) is 57.9.